The number of nitrogens with zero attached hydrogens (tertiary/aromatic N) is 2. The van der Waals surface area contributed by atoms with Gasteiger partial charge in [0.05, 0.1) is 12.0 Å². The SMILES string of the molecule is CC(C)O.CCOC(=O)c1sc2c(c1C)c(=O)n(CC(=O)O)c(=O)n2CCc1ccccc1. The fourth-order valence-electron chi connectivity index (χ4n) is 3.14. The van der Waals surface area contributed by atoms with Crippen molar-refractivity contribution >= 4 is 33.5 Å². The number of carboxylic acid groups (broad SMARTS) is 1. The molecule has 3 rings (SSSR count). The minimum atomic E-state index is -1.29. The second-order valence-electron chi connectivity index (χ2n) is 7.51. The van der Waals surface area contributed by atoms with Crippen molar-refractivity contribution in [3.8, 4) is 0 Å². The third kappa shape index (κ3) is 6.39. The van der Waals surface area contributed by atoms with Gasteiger partial charge in [-0.15, -0.1) is 11.3 Å². The van der Waals surface area contributed by atoms with Gasteiger partial charge in [0, 0.05) is 12.6 Å². The largest absolute Gasteiger partial charge is 0.480 e. The Morgan fingerprint density at radius 3 is 2.27 bits per heavy atom. The van der Waals surface area contributed by atoms with E-state index < -0.39 is 29.7 Å². The first-order valence-electron chi connectivity index (χ1n) is 10.5. The molecule has 0 fully saturated rings. The number of hydrogen-bond donors (Lipinski definition) is 2. The number of carbonyl (C=O) groups is 2. The predicted octanol–water partition coefficient (Wildman–Crippen LogP) is 2.42. The Hall–Kier alpha value is -3.24. The number of thiophene rings is 1. The van der Waals surface area contributed by atoms with Gasteiger partial charge in [0.2, 0.25) is 0 Å². The number of fused-ring (bicyclic) bond motifs is 1. The summed E-state index contributed by atoms with van der Waals surface area (Å²) >= 11 is 1.02. The third-order valence-electron chi connectivity index (χ3n) is 4.52. The Balaban J connectivity index is 0.000000890. The summed E-state index contributed by atoms with van der Waals surface area (Å²) in [7, 11) is 0. The molecular weight excluding hydrogens is 448 g/mol. The van der Waals surface area contributed by atoms with E-state index >= 15 is 0 Å². The van der Waals surface area contributed by atoms with E-state index in [1.807, 2.05) is 30.3 Å². The van der Waals surface area contributed by atoms with Gasteiger partial charge in [-0.25, -0.2) is 14.2 Å². The topological polar surface area (TPSA) is 128 Å². The predicted molar refractivity (Wildman–Crippen MR) is 126 cm³/mol. The second-order valence-corrected chi connectivity index (χ2v) is 8.50. The number of hydrogen-bond acceptors (Lipinski definition) is 7. The van der Waals surface area contributed by atoms with Crippen LogP contribution in [0.1, 0.15) is 41.6 Å². The molecule has 0 spiro atoms. The first-order chi connectivity index (χ1) is 15.6. The number of rotatable bonds is 7. The van der Waals surface area contributed by atoms with Crippen molar-refractivity contribution in [1.82, 2.24) is 9.13 Å². The fraction of sp³-hybridized carbons (Fsp3) is 0.391. The van der Waals surface area contributed by atoms with Crippen LogP contribution in [0.2, 0.25) is 0 Å². The normalized spacial score (nSPS) is 10.7. The molecule has 0 aliphatic heterocycles. The van der Waals surface area contributed by atoms with E-state index in [0.717, 1.165) is 16.9 Å². The molecule has 0 saturated heterocycles. The highest BCUT2D eigenvalue weighted by Gasteiger charge is 2.24. The number of aryl methyl sites for hydroxylation is 3. The van der Waals surface area contributed by atoms with Crippen LogP contribution < -0.4 is 11.2 Å². The molecule has 9 nitrogen and oxygen atoms in total. The smallest absolute Gasteiger partial charge is 0.348 e. The van der Waals surface area contributed by atoms with Gasteiger partial charge in [-0.3, -0.25) is 14.2 Å². The lowest BCUT2D eigenvalue weighted by Gasteiger charge is -2.11. The van der Waals surface area contributed by atoms with Crippen molar-refractivity contribution in [2.24, 2.45) is 0 Å². The van der Waals surface area contributed by atoms with E-state index in [-0.39, 0.29) is 29.5 Å². The molecule has 0 unspecified atom stereocenters. The summed E-state index contributed by atoms with van der Waals surface area (Å²) < 4.78 is 7.12. The molecular formula is C23H28N2O7S. The lowest BCUT2D eigenvalue weighted by atomic mass is 10.1. The molecule has 2 aromatic heterocycles. The Labute approximate surface area is 194 Å². The minimum absolute atomic E-state index is 0.167. The number of esters is 1. The van der Waals surface area contributed by atoms with Crippen LogP contribution in [-0.2, 0) is 29.0 Å². The zero-order valence-electron chi connectivity index (χ0n) is 19.0. The van der Waals surface area contributed by atoms with Gasteiger partial charge in [-0.1, -0.05) is 30.3 Å². The molecule has 0 atom stereocenters. The first-order valence-corrected chi connectivity index (χ1v) is 11.3. The summed E-state index contributed by atoms with van der Waals surface area (Å²) in [6.07, 6.45) is 0.340. The zero-order valence-corrected chi connectivity index (χ0v) is 19.8. The molecule has 33 heavy (non-hydrogen) atoms. The summed E-state index contributed by atoms with van der Waals surface area (Å²) in [5, 5.41) is 17.4. The molecule has 0 aliphatic carbocycles. The Kier molecular flexibility index (Phi) is 9.12. The fourth-order valence-corrected chi connectivity index (χ4v) is 4.36. The standard InChI is InChI=1S/C20H20N2O6S.C3H8O/c1-3-28-19(26)16-12(2)15-17(25)22(11-14(23)24)20(27)21(18(15)29-16)10-9-13-7-5-4-6-8-13;1-3(2)4/h4-8H,3,9-11H2,1-2H3,(H,23,24);3-4H,1-2H3. The third-order valence-corrected chi connectivity index (χ3v) is 5.81. The molecule has 3 aromatic rings. The Bertz CT molecular complexity index is 1240. The van der Waals surface area contributed by atoms with Gasteiger partial charge in [0.15, 0.2) is 0 Å². The van der Waals surface area contributed by atoms with Gasteiger partial charge >= 0.3 is 17.6 Å². The summed E-state index contributed by atoms with van der Waals surface area (Å²) in [6.45, 7) is 6.39. The molecule has 2 heterocycles. The van der Waals surface area contributed by atoms with Crippen LogP contribution >= 0.6 is 11.3 Å². The Morgan fingerprint density at radius 2 is 1.73 bits per heavy atom. The minimum Gasteiger partial charge on any atom is -0.480 e. The van der Waals surface area contributed by atoms with Gasteiger partial charge in [0.1, 0.15) is 16.3 Å². The molecule has 0 bridgehead atoms. The van der Waals surface area contributed by atoms with E-state index in [1.165, 1.54) is 4.57 Å². The first kappa shape index (κ1) is 26.0. The van der Waals surface area contributed by atoms with E-state index in [9.17, 15) is 19.2 Å². The van der Waals surface area contributed by atoms with E-state index in [4.69, 9.17) is 14.9 Å². The number of benzene rings is 1. The summed E-state index contributed by atoms with van der Waals surface area (Å²) in [4.78, 5) is 49.9. The second kappa shape index (κ2) is 11.6. The highest BCUT2D eigenvalue weighted by molar-refractivity contribution is 7.20. The number of aliphatic hydroxyl groups is 1. The molecule has 0 amide bonds. The van der Waals surface area contributed by atoms with Crippen molar-refractivity contribution in [1.29, 1.82) is 0 Å². The van der Waals surface area contributed by atoms with E-state index in [0.29, 0.717) is 21.4 Å². The molecule has 2 N–H and O–H groups in total. The van der Waals surface area contributed by atoms with Crippen LogP contribution in [0.25, 0.3) is 10.2 Å². The number of aliphatic carboxylic acids is 1. The van der Waals surface area contributed by atoms with Crippen LogP contribution in [0, 0.1) is 6.92 Å². The lowest BCUT2D eigenvalue weighted by Crippen LogP contribution is -2.41. The molecule has 178 valence electrons. The number of carboxylic acids is 1. The average Bonchev–Trinajstić information content (AvgIpc) is 3.08. The average molecular weight is 477 g/mol. The molecule has 0 radical (unpaired) electrons. The van der Waals surface area contributed by atoms with Crippen LogP contribution in [0.4, 0.5) is 0 Å². The Morgan fingerprint density at radius 1 is 1.12 bits per heavy atom. The van der Waals surface area contributed by atoms with E-state index in [2.05, 4.69) is 0 Å². The molecule has 0 saturated carbocycles. The maximum Gasteiger partial charge on any atom is 0.348 e. The van der Waals surface area contributed by atoms with E-state index in [1.54, 1.807) is 27.7 Å². The van der Waals surface area contributed by atoms with Crippen molar-refractivity contribution < 1.29 is 24.5 Å². The summed E-state index contributed by atoms with van der Waals surface area (Å²) in [5.74, 6) is -1.87. The zero-order chi connectivity index (χ0) is 24.7. The van der Waals surface area contributed by atoms with Crippen LogP contribution in [-0.4, -0.2) is 44.0 Å². The number of aliphatic hydroxyl groups excluding tert-OH is 1. The number of carbonyl (C=O) groups excluding carboxylic acids is 1. The number of aromatic nitrogens is 2. The maximum atomic E-state index is 12.9. The molecule has 0 aliphatic rings. The summed E-state index contributed by atoms with van der Waals surface area (Å²) in [6, 6.07) is 9.48. The highest BCUT2D eigenvalue weighted by atomic mass is 32.1. The van der Waals surface area contributed by atoms with Crippen molar-refractivity contribution in [3.63, 3.8) is 0 Å². The van der Waals surface area contributed by atoms with Crippen LogP contribution in [0.5, 0.6) is 0 Å². The number of ether oxygens (including phenoxy) is 1. The van der Waals surface area contributed by atoms with Crippen molar-refractivity contribution in [3.05, 3.63) is 67.2 Å². The quantitative estimate of drug-likeness (QED) is 0.501. The van der Waals surface area contributed by atoms with Crippen LogP contribution in [0.15, 0.2) is 39.9 Å². The maximum absolute atomic E-state index is 12.9. The van der Waals surface area contributed by atoms with Crippen molar-refractivity contribution in [2.45, 2.75) is 53.3 Å². The highest BCUT2D eigenvalue weighted by Crippen LogP contribution is 2.28. The summed E-state index contributed by atoms with van der Waals surface area (Å²) in [5.41, 5.74) is -0.0476. The van der Waals surface area contributed by atoms with Gasteiger partial charge < -0.3 is 14.9 Å². The monoisotopic (exact) mass is 476 g/mol. The molecule has 1 aromatic carbocycles. The lowest BCUT2D eigenvalue weighted by molar-refractivity contribution is -0.137. The van der Waals surface area contributed by atoms with Gasteiger partial charge in [-0.05, 0) is 45.2 Å². The van der Waals surface area contributed by atoms with Crippen molar-refractivity contribution in [2.75, 3.05) is 6.61 Å². The van der Waals surface area contributed by atoms with Gasteiger partial charge in [-0.2, -0.15) is 0 Å². The molecule has 10 heteroatoms. The van der Waals surface area contributed by atoms with Crippen LogP contribution in [0.3, 0.4) is 0 Å². The van der Waals surface area contributed by atoms with Gasteiger partial charge in [0.25, 0.3) is 5.56 Å².